The standard InChI is InChI=1S/C14H26N8/c1-21(13-15-7-3-4-8-16-13)19-11-12-20-22(2)14-17-9-5-6-10-18-14/h11-12H,3-10H2,1-2H3,(H,15,16)(H,17,18)/b19-11-,20-12-. The Bertz CT molecular complexity index is 412. The van der Waals surface area contributed by atoms with Gasteiger partial charge in [-0.05, 0) is 25.7 Å². The van der Waals surface area contributed by atoms with Crippen LogP contribution in [0.1, 0.15) is 25.7 Å². The summed E-state index contributed by atoms with van der Waals surface area (Å²) in [5, 5.41) is 18.6. The van der Waals surface area contributed by atoms with Gasteiger partial charge in [0.15, 0.2) is 0 Å². The molecule has 2 aliphatic heterocycles. The summed E-state index contributed by atoms with van der Waals surface area (Å²) in [6.45, 7) is 3.59. The molecule has 122 valence electrons. The van der Waals surface area contributed by atoms with Crippen molar-refractivity contribution < 1.29 is 0 Å². The van der Waals surface area contributed by atoms with Crippen LogP contribution in [0.2, 0.25) is 0 Å². The van der Waals surface area contributed by atoms with E-state index in [1.54, 1.807) is 22.4 Å². The van der Waals surface area contributed by atoms with Crippen LogP contribution in [0, 0.1) is 0 Å². The van der Waals surface area contributed by atoms with E-state index in [-0.39, 0.29) is 0 Å². The second kappa shape index (κ2) is 9.01. The zero-order chi connectivity index (χ0) is 15.6. The van der Waals surface area contributed by atoms with E-state index in [9.17, 15) is 0 Å². The van der Waals surface area contributed by atoms with Gasteiger partial charge in [0, 0.05) is 40.3 Å². The van der Waals surface area contributed by atoms with E-state index in [0.29, 0.717) is 0 Å². The highest BCUT2D eigenvalue weighted by Gasteiger charge is 2.07. The Morgan fingerprint density at radius 2 is 1.27 bits per heavy atom. The first-order chi connectivity index (χ1) is 10.8. The third-order valence-corrected chi connectivity index (χ3v) is 3.42. The fourth-order valence-electron chi connectivity index (χ4n) is 2.16. The molecular weight excluding hydrogens is 280 g/mol. The third kappa shape index (κ3) is 5.34. The van der Waals surface area contributed by atoms with Crippen LogP contribution in [0.3, 0.4) is 0 Å². The van der Waals surface area contributed by atoms with Crippen LogP contribution in [0.5, 0.6) is 0 Å². The fourth-order valence-corrected chi connectivity index (χ4v) is 2.16. The molecule has 0 aromatic rings. The minimum absolute atomic E-state index is 0.810. The summed E-state index contributed by atoms with van der Waals surface area (Å²) in [6.07, 6.45) is 7.84. The average molecular weight is 306 g/mol. The molecule has 8 nitrogen and oxygen atoms in total. The molecule has 0 amide bonds. The van der Waals surface area contributed by atoms with Crippen LogP contribution in [-0.2, 0) is 0 Å². The first kappa shape index (κ1) is 16.3. The molecule has 0 aromatic carbocycles. The lowest BCUT2D eigenvalue weighted by atomic mass is 10.3. The highest BCUT2D eigenvalue weighted by molar-refractivity contribution is 6.16. The van der Waals surface area contributed by atoms with Crippen molar-refractivity contribution in [1.29, 1.82) is 0 Å². The van der Waals surface area contributed by atoms with Gasteiger partial charge in [0.25, 0.3) is 0 Å². The molecule has 2 rings (SSSR count). The molecule has 8 heteroatoms. The van der Waals surface area contributed by atoms with Gasteiger partial charge in [-0.2, -0.15) is 10.2 Å². The minimum atomic E-state index is 0.810. The molecule has 0 saturated heterocycles. The normalized spacial score (nSPS) is 19.7. The molecule has 0 saturated carbocycles. The summed E-state index contributed by atoms with van der Waals surface area (Å²) in [5.74, 6) is 1.62. The second-order valence-electron chi connectivity index (χ2n) is 5.25. The molecule has 22 heavy (non-hydrogen) atoms. The van der Waals surface area contributed by atoms with Crippen LogP contribution in [0.4, 0.5) is 0 Å². The maximum absolute atomic E-state index is 4.45. The number of hydrogen-bond acceptors (Lipinski definition) is 8. The fraction of sp³-hybridized carbons (Fsp3) is 0.714. The van der Waals surface area contributed by atoms with Gasteiger partial charge < -0.3 is 10.6 Å². The van der Waals surface area contributed by atoms with Crippen molar-refractivity contribution in [3.8, 4) is 0 Å². The molecule has 2 N–H and O–H groups in total. The van der Waals surface area contributed by atoms with Crippen molar-refractivity contribution in [1.82, 2.24) is 20.7 Å². The van der Waals surface area contributed by atoms with Gasteiger partial charge in [0.05, 0.1) is 12.4 Å². The smallest absolute Gasteiger partial charge is 0.214 e. The lowest BCUT2D eigenvalue weighted by Gasteiger charge is -2.16. The molecule has 0 spiro atoms. The van der Waals surface area contributed by atoms with Crippen molar-refractivity contribution >= 4 is 24.3 Å². The molecular formula is C14H26N8. The van der Waals surface area contributed by atoms with Gasteiger partial charge in [-0.1, -0.05) is 0 Å². The number of nitrogens with zero attached hydrogens (tertiary/aromatic N) is 6. The molecule has 2 heterocycles. The number of rotatable bonds is 3. The van der Waals surface area contributed by atoms with Crippen molar-refractivity contribution in [3.63, 3.8) is 0 Å². The van der Waals surface area contributed by atoms with Crippen molar-refractivity contribution in [2.24, 2.45) is 20.2 Å². The highest BCUT2D eigenvalue weighted by atomic mass is 15.5. The van der Waals surface area contributed by atoms with Gasteiger partial charge >= 0.3 is 0 Å². The largest absolute Gasteiger partial charge is 0.355 e. The van der Waals surface area contributed by atoms with E-state index in [4.69, 9.17) is 0 Å². The Hall–Kier alpha value is -2.12. The van der Waals surface area contributed by atoms with Gasteiger partial charge in [0.1, 0.15) is 0 Å². The number of hydrogen-bond donors (Lipinski definition) is 2. The summed E-state index contributed by atoms with van der Waals surface area (Å²) >= 11 is 0. The SMILES string of the molecule is CN(/N=C\C=N/N(C)C1=NCCCCN1)C1=NCCCCN1. The number of guanidine groups is 2. The van der Waals surface area contributed by atoms with E-state index in [1.165, 1.54) is 0 Å². The third-order valence-electron chi connectivity index (χ3n) is 3.42. The van der Waals surface area contributed by atoms with E-state index < -0.39 is 0 Å². The second-order valence-corrected chi connectivity index (χ2v) is 5.25. The monoisotopic (exact) mass is 306 g/mol. The van der Waals surface area contributed by atoms with Crippen LogP contribution in [0.25, 0.3) is 0 Å². The maximum Gasteiger partial charge on any atom is 0.214 e. The van der Waals surface area contributed by atoms with Gasteiger partial charge in [0.2, 0.25) is 11.9 Å². The Morgan fingerprint density at radius 1 is 0.818 bits per heavy atom. The first-order valence-corrected chi connectivity index (χ1v) is 7.88. The Balaban J connectivity index is 1.82. The van der Waals surface area contributed by atoms with Gasteiger partial charge in [-0.3, -0.25) is 9.98 Å². The molecule has 0 aliphatic carbocycles. The molecule has 0 aromatic heterocycles. The van der Waals surface area contributed by atoms with Gasteiger partial charge in [-0.15, -0.1) is 0 Å². The van der Waals surface area contributed by atoms with Gasteiger partial charge in [-0.25, -0.2) is 10.0 Å². The highest BCUT2D eigenvalue weighted by Crippen LogP contribution is 1.98. The van der Waals surface area contributed by atoms with Crippen molar-refractivity contribution in [2.75, 3.05) is 40.3 Å². The lowest BCUT2D eigenvalue weighted by Crippen LogP contribution is -2.36. The molecule has 0 unspecified atom stereocenters. The predicted molar refractivity (Wildman–Crippen MR) is 91.6 cm³/mol. The average Bonchev–Trinajstić information content (AvgIpc) is 2.95. The summed E-state index contributed by atoms with van der Waals surface area (Å²) in [4.78, 5) is 8.91. The van der Waals surface area contributed by atoms with Crippen LogP contribution in [0.15, 0.2) is 20.2 Å². The quantitative estimate of drug-likeness (QED) is 0.580. The van der Waals surface area contributed by atoms with Crippen LogP contribution >= 0.6 is 0 Å². The van der Waals surface area contributed by atoms with Crippen LogP contribution in [-0.4, -0.2) is 74.6 Å². The topological polar surface area (TPSA) is 80.0 Å². The summed E-state index contributed by atoms with van der Waals surface area (Å²) in [5.41, 5.74) is 0. The summed E-state index contributed by atoms with van der Waals surface area (Å²) < 4.78 is 0. The zero-order valence-electron chi connectivity index (χ0n) is 13.5. The maximum atomic E-state index is 4.45. The summed E-state index contributed by atoms with van der Waals surface area (Å²) in [7, 11) is 3.75. The Morgan fingerprint density at radius 3 is 1.73 bits per heavy atom. The van der Waals surface area contributed by atoms with E-state index in [1.807, 2.05) is 14.1 Å². The van der Waals surface area contributed by atoms with Crippen molar-refractivity contribution in [3.05, 3.63) is 0 Å². The molecule has 0 radical (unpaired) electrons. The molecule has 2 aliphatic rings. The predicted octanol–water partition coefficient (Wildman–Crippen LogP) is 0.300. The van der Waals surface area contributed by atoms with E-state index in [0.717, 1.165) is 63.8 Å². The number of hydrazone groups is 2. The van der Waals surface area contributed by atoms with E-state index in [2.05, 4.69) is 30.8 Å². The van der Waals surface area contributed by atoms with E-state index >= 15 is 0 Å². The first-order valence-electron chi connectivity index (χ1n) is 7.88. The lowest BCUT2D eigenvalue weighted by molar-refractivity contribution is 0.517. The summed E-state index contributed by atoms with van der Waals surface area (Å²) in [6, 6.07) is 0. The number of nitrogens with one attached hydrogen (secondary N) is 2. The minimum Gasteiger partial charge on any atom is -0.355 e. The Kier molecular flexibility index (Phi) is 6.66. The molecule has 0 fully saturated rings. The Labute approximate surface area is 132 Å². The molecule has 0 bridgehead atoms. The zero-order valence-corrected chi connectivity index (χ0v) is 13.5. The van der Waals surface area contributed by atoms with Crippen molar-refractivity contribution in [2.45, 2.75) is 25.7 Å². The van der Waals surface area contributed by atoms with Crippen LogP contribution < -0.4 is 10.6 Å². The molecule has 0 atom stereocenters. The number of aliphatic imine (C=N–C) groups is 2.